The molecule has 21 heavy (non-hydrogen) atoms. The van der Waals surface area contributed by atoms with E-state index in [0.29, 0.717) is 13.1 Å². The number of piperidine rings is 1. The molecule has 1 aromatic carbocycles. The van der Waals surface area contributed by atoms with Crippen LogP contribution < -0.4 is 5.32 Å². The Balaban J connectivity index is 1.98. The smallest absolute Gasteiger partial charge is 0.317 e. The summed E-state index contributed by atoms with van der Waals surface area (Å²) in [4.78, 5) is 26.3. The Kier molecular flexibility index (Phi) is 5.37. The molecule has 1 unspecified atom stereocenters. The van der Waals surface area contributed by atoms with Gasteiger partial charge < -0.3 is 10.2 Å². The number of rotatable bonds is 4. The highest BCUT2D eigenvalue weighted by molar-refractivity contribution is 5.98. The molecule has 1 saturated heterocycles. The van der Waals surface area contributed by atoms with E-state index in [0.717, 1.165) is 36.9 Å². The maximum atomic E-state index is 12.5. The van der Waals surface area contributed by atoms with Gasteiger partial charge in [-0.1, -0.05) is 36.8 Å². The summed E-state index contributed by atoms with van der Waals surface area (Å²) in [5, 5.41) is 2.88. The number of aryl methyl sites for hydroxylation is 1. The molecular weight excluding hydrogens is 264 g/mol. The van der Waals surface area contributed by atoms with Gasteiger partial charge in [0.1, 0.15) is 0 Å². The summed E-state index contributed by atoms with van der Waals surface area (Å²) in [6.45, 7) is 6.00. The molecule has 1 aromatic rings. The lowest BCUT2D eigenvalue weighted by molar-refractivity contribution is 0.0846. The fraction of sp³-hybridized carbons (Fsp3) is 0.529. The lowest BCUT2D eigenvalue weighted by atomic mass is 9.90. The Bertz CT molecular complexity index is 496. The molecule has 0 spiro atoms. The van der Waals surface area contributed by atoms with Crippen LogP contribution in [-0.2, 0) is 0 Å². The zero-order valence-electron chi connectivity index (χ0n) is 12.9. The molecule has 4 heteroatoms. The number of ketones is 1. The summed E-state index contributed by atoms with van der Waals surface area (Å²) < 4.78 is 0. The summed E-state index contributed by atoms with van der Waals surface area (Å²) in [6.07, 6.45) is 2.68. The Labute approximate surface area is 126 Å². The first-order valence-electron chi connectivity index (χ1n) is 7.75. The Hall–Kier alpha value is -1.84. The molecule has 0 aromatic heterocycles. The second-order valence-electron chi connectivity index (χ2n) is 5.75. The van der Waals surface area contributed by atoms with Gasteiger partial charge in [0.2, 0.25) is 0 Å². The van der Waals surface area contributed by atoms with Crippen molar-refractivity contribution >= 4 is 11.8 Å². The number of Topliss-reactive ketones (excluding diaryl/α,β-unsaturated/α-hetero) is 1. The molecule has 114 valence electrons. The molecule has 4 nitrogen and oxygen atoms in total. The fourth-order valence-corrected chi connectivity index (χ4v) is 2.67. The van der Waals surface area contributed by atoms with Crippen LogP contribution in [-0.4, -0.2) is 36.3 Å². The van der Waals surface area contributed by atoms with Gasteiger partial charge in [0.15, 0.2) is 5.78 Å². The molecule has 0 bridgehead atoms. The normalized spacial score (nSPS) is 18.4. The van der Waals surface area contributed by atoms with Crippen LogP contribution in [0.1, 0.15) is 42.1 Å². The van der Waals surface area contributed by atoms with Gasteiger partial charge in [0, 0.05) is 31.1 Å². The minimum Gasteiger partial charge on any atom is -0.338 e. The van der Waals surface area contributed by atoms with Crippen LogP contribution in [0.4, 0.5) is 4.79 Å². The fourth-order valence-electron chi connectivity index (χ4n) is 2.67. The third-order valence-electron chi connectivity index (χ3n) is 3.94. The quantitative estimate of drug-likeness (QED) is 0.866. The molecular formula is C17H24N2O2. The Morgan fingerprint density at radius 2 is 2.00 bits per heavy atom. The zero-order valence-corrected chi connectivity index (χ0v) is 12.9. The maximum absolute atomic E-state index is 12.5. The van der Waals surface area contributed by atoms with Gasteiger partial charge in [0.25, 0.3) is 0 Å². The van der Waals surface area contributed by atoms with Crippen molar-refractivity contribution in [3.05, 3.63) is 35.4 Å². The van der Waals surface area contributed by atoms with Crippen molar-refractivity contribution in [2.75, 3.05) is 19.6 Å². The Morgan fingerprint density at radius 1 is 1.29 bits per heavy atom. The van der Waals surface area contributed by atoms with Crippen molar-refractivity contribution in [3.63, 3.8) is 0 Å². The zero-order chi connectivity index (χ0) is 15.2. The monoisotopic (exact) mass is 288 g/mol. The van der Waals surface area contributed by atoms with E-state index in [1.807, 2.05) is 38.1 Å². The van der Waals surface area contributed by atoms with Crippen LogP contribution in [0.5, 0.6) is 0 Å². The number of carbonyl (C=O) groups is 2. The largest absolute Gasteiger partial charge is 0.338 e. The van der Waals surface area contributed by atoms with Crippen LogP contribution >= 0.6 is 0 Å². The number of urea groups is 1. The van der Waals surface area contributed by atoms with E-state index in [9.17, 15) is 9.59 Å². The van der Waals surface area contributed by atoms with E-state index in [4.69, 9.17) is 0 Å². The molecule has 1 atom stereocenters. The van der Waals surface area contributed by atoms with E-state index in [1.165, 1.54) is 0 Å². The predicted molar refractivity (Wildman–Crippen MR) is 83.5 cm³/mol. The minimum atomic E-state index is -0.0752. The highest BCUT2D eigenvalue weighted by Gasteiger charge is 2.28. The van der Waals surface area contributed by atoms with E-state index < -0.39 is 0 Å². The third-order valence-corrected chi connectivity index (χ3v) is 3.94. The van der Waals surface area contributed by atoms with Crippen molar-refractivity contribution in [2.24, 2.45) is 5.92 Å². The van der Waals surface area contributed by atoms with Crippen LogP contribution in [0.25, 0.3) is 0 Å². The standard InChI is InChI=1S/C17H24N2O2/c1-3-10-18-17(21)19-11-4-5-15(12-19)16(20)14-8-6-13(2)7-9-14/h6-9,15H,3-5,10-12H2,1-2H3,(H,18,21). The number of nitrogens with zero attached hydrogens (tertiary/aromatic N) is 1. The van der Waals surface area contributed by atoms with Crippen LogP contribution in [0.15, 0.2) is 24.3 Å². The average Bonchev–Trinajstić information content (AvgIpc) is 2.52. The summed E-state index contributed by atoms with van der Waals surface area (Å²) in [7, 11) is 0. The first-order chi connectivity index (χ1) is 10.1. The molecule has 0 radical (unpaired) electrons. The summed E-state index contributed by atoms with van der Waals surface area (Å²) in [5.41, 5.74) is 1.90. The highest BCUT2D eigenvalue weighted by atomic mass is 16.2. The number of nitrogens with one attached hydrogen (secondary N) is 1. The van der Waals surface area contributed by atoms with Gasteiger partial charge >= 0.3 is 6.03 Å². The van der Waals surface area contributed by atoms with Crippen molar-refractivity contribution in [2.45, 2.75) is 33.1 Å². The molecule has 2 amide bonds. The molecule has 2 rings (SSSR count). The van der Waals surface area contributed by atoms with E-state index >= 15 is 0 Å². The van der Waals surface area contributed by atoms with Crippen LogP contribution in [0, 0.1) is 12.8 Å². The average molecular weight is 288 g/mol. The third kappa shape index (κ3) is 4.06. The van der Waals surface area contributed by atoms with Gasteiger partial charge in [-0.25, -0.2) is 4.79 Å². The second kappa shape index (κ2) is 7.25. The van der Waals surface area contributed by atoms with Crippen molar-refractivity contribution in [1.82, 2.24) is 10.2 Å². The van der Waals surface area contributed by atoms with Crippen molar-refractivity contribution < 1.29 is 9.59 Å². The van der Waals surface area contributed by atoms with Gasteiger partial charge in [-0.3, -0.25) is 4.79 Å². The van der Waals surface area contributed by atoms with Gasteiger partial charge in [0.05, 0.1) is 0 Å². The maximum Gasteiger partial charge on any atom is 0.317 e. The Morgan fingerprint density at radius 3 is 2.67 bits per heavy atom. The summed E-state index contributed by atoms with van der Waals surface area (Å²) in [6, 6.07) is 7.64. The first kappa shape index (κ1) is 15.5. The molecule has 1 aliphatic rings. The van der Waals surface area contributed by atoms with Crippen molar-refractivity contribution in [1.29, 1.82) is 0 Å². The van der Waals surface area contributed by atoms with Crippen LogP contribution in [0.3, 0.4) is 0 Å². The highest BCUT2D eigenvalue weighted by Crippen LogP contribution is 2.21. The number of likely N-dealkylation sites (tertiary alicyclic amines) is 1. The van der Waals surface area contributed by atoms with Gasteiger partial charge in [-0.05, 0) is 26.2 Å². The van der Waals surface area contributed by atoms with Crippen LogP contribution in [0.2, 0.25) is 0 Å². The molecule has 1 N–H and O–H groups in total. The SMILES string of the molecule is CCCNC(=O)N1CCCC(C(=O)c2ccc(C)cc2)C1. The molecule has 1 aliphatic heterocycles. The number of hydrogen-bond donors (Lipinski definition) is 1. The van der Waals surface area contributed by atoms with Gasteiger partial charge in [-0.2, -0.15) is 0 Å². The predicted octanol–water partition coefficient (Wildman–Crippen LogP) is 3.01. The summed E-state index contributed by atoms with van der Waals surface area (Å²) in [5.74, 6) is 0.0804. The number of benzene rings is 1. The lowest BCUT2D eigenvalue weighted by Gasteiger charge is -2.32. The minimum absolute atomic E-state index is 0.0433. The molecule has 1 fully saturated rings. The van der Waals surface area contributed by atoms with E-state index in [2.05, 4.69) is 5.32 Å². The van der Waals surface area contributed by atoms with Gasteiger partial charge in [-0.15, -0.1) is 0 Å². The number of carbonyl (C=O) groups excluding carboxylic acids is 2. The molecule has 0 aliphatic carbocycles. The van der Waals surface area contributed by atoms with E-state index in [-0.39, 0.29) is 17.7 Å². The number of amides is 2. The summed E-state index contributed by atoms with van der Waals surface area (Å²) >= 11 is 0. The number of hydrogen-bond acceptors (Lipinski definition) is 2. The second-order valence-corrected chi connectivity index (χ2v) is 5.75. The van der Waals surface area contributed by atoms with Crippen molar-refractivity contribution in [3.8, 4) is 0 Å². The first-order valence-corrected chi connectivity index (χ1v) is 7.75. The topological polar surface area (TPSA) is 49.4 Å². The molecule has 1 heterocycles. The molecule has 0 saturated carbocycles. The van der Waals surface area contributed by atoms with E-state index in [1.54, 1.807) is 4.90 Å². The lowest BCUT2D eigenvalue weighted by Crippen LogP contribution is -2.47.